The van der Waals surface area contributed by atoms with Gasteiger partial charge in [-0.25, -0.2) is 9.59 Å². The Morgan fingerprint density at radius 3 is 2.76 bits per heavy atom. The van der Waals surface area contributed by atoms with Crippen molar-refractivity contribution in [2.75, 3.05) is 31.1 Å². The number of anilines is 1. The Bertz CT molecular complexity index is 1690. The zero-order valence-electron chi connectivity index (χ0n) is 23.5. The first-order chi connectivity index (χ1) is 21.2. The fraction of sp³-hybridized carbons (Fsp3) is 0.440. The van der Waals surface area contributed by atoms with Crippen molar-refractivity contribution in [3.8, 4) is 0 Å². The third-order valence-corrected chi connectivity index (χ3v) is 9.44. The van der Waals surface area contributed by atoms with Crippen LogP contribution in [0.25, 0.3) is 0 Å². The van der Waals surface area contributed by atoms with E-state index in [2.05, 4.69) is 25.1 Å². The Kier molecular flexibility index (Phi) is 9.33. The van der Waals surface area contributed by atoms with Gasteiger partial charge in [0.1, 0.15) is 17.1 Å². The standard InChI is InChI=1S/C25H26N8O9S2.ClH/c1-10-14(42-25(38)41-10)8-40-23(37)17-12(6-11-3-5-32(20(11)35)13-2-4-27-7-13)9-43-22-16(21(36)33(17)22)28-19(34)15(30-39)18-29-24(26)44-31-18;/h6,13,16,22,27,39H,2-5,7-9H2,1H3,(H,28,34)(H2,26,29,31);1H/b11-6+,30-15-;/t13-,16-,22-;/m1./s1. The normalized spacial score (nSPS) is 24.1. The number of nitrogens with zero attached hydrogens (tertiary/aromatic N) is 5. The number of rotatable bonds is 8. The molecule has 6 rings (SSSR count). The highest BCUT2D eigenvalue weighted by Gasteiger charge is 2.55. The van der Waals surface area contributed by atoms with Crippen LogP contribution in [0, 0.1) is 6.92 Å². The highest BCUT2D eigenvalue weighted by atomic mass is 35.5. The fourth-order valence-corrected chi connectivity index (χ4v) is 7.15. The van der Waals surface area contributed by atoms with E-state index < -0.39 is 47.3 Å². The van der Waals surface area contributed by atoms with Gasteiger partial charge in [-0.15, -0.1) is 24.2 Å². The smallest absolute Gasteiger partial charge is 0.453 e. The van der Waals surface area contributed by atoms with Gasteiger partial charge in [-0.1, -0.05) is 5.16 Å². The van der Waals surface area contributed by atoms with E-state index in [1.165, 1.54) is 23.6 Å². The van der Waals surface area contributed by atoms with Crippen LogP contribution in [0.15, 0.2) is 41.7 Å². The van der Waals surface area contributed by atoms with Crippen LogP contribution in [0.4, 0.5) is 5.13 Å². The molecule has 45 heavy (non-hydrogen) atoms. The zero-order chi connectivity index (χ0) is 31.1. The lowest BCUT2D eigenvalue weighted by molar-refractivity contribution is -0.153. The van der Waals surface area contributed by atoms with E-state index in [-0.39, 0.29) is 58.3 Å². The molecule has 4 aliphatic rings. The van der Waals surface area contributed by atoms with Crippen molar-refractivity contribution in [1.82, 2.24) is 29.8 Å². The van der Waals surface area contributed by atoms with Gasteiger partial charge in [-0.2, -0.15) is 9.36 Å². The minimum Gasteiger partial charge on any atom is -0.453 e. The first-order valence-electron chi connectivity index (χ1n) is 13.4. The quantitative estimate of drug-likeness (QED) is 0.0686. The number of esters is 1. The molecule has 3 fully saturated rings. The van der Waals surface area contributed by atoms with Crippen LogP contribution in [0.5, 0.6) is 0 Å². The molecule has 0 aromatic carbocycles. The Hall–Kier alpha value is -4.20. The summed E-state index contributed by atoms with van der Waals surface area (Å²) < 4.78 is 19.0. The summed E-state index contributed by atoms with van der Waals surface area (Å²) in [5, 5.41) is 17.4. The van der Waals surface area contributed by atoms with Crippen LogP contribution in [0.3, 0.4) is 0 Å². The number of thioether (sulfide) groups is 1. The number of amides is 3. The van der Waals surface area contributed by atoms with Crippen LogP contribution < -0.4 is 22.2 Å². The molecule has 5 N–H and O–H groups in total. The Morgan fingerprint density at radius 2 is 2.11 bits per heavy atom. The molecule has 240 valence electrons. The summed E-state index contributed by atoms with van der Waals surface area (Å²) in [6, 6.07) is -1.00. The number of ether oxygens (including phenoxy) is 1. The van der Waals surface area contributed by atoms with Crippen LogP contribution >= 0.6 is 35.7 Å². The van der Waals surface area contributed by atoms with E-state index >= 15 is 0 Å². The number of fused-ring (bicyclic) bond motifs is 1. The topological polar surface area (TPSA) is 236 Å². The van der Waals surface area contributed by atoms with Crippen molar-refractivity contribution in [3.05, 3.63) is 50.9 Å². The maximum atomic E-state index is 13.5. The van der Waals surface area contributed by atoms with Crippen molar-refractivity contribution < 1.29 is 38.0 Å². The molecule has 2 aromatic rings. The number of oxime groups is 1. The molecule has 0 aliphatic carbocycles. The number of aryl methyl sites for hydroxylation is 1. The molecule has 2 aromatic heterocycles. The van der Waals surface area contributed by atoms with Gasteiger partial charge in [-0.3, -0.25) is 19.3 Å². The summed E-state index contributed by atoms with van der Waals surface area (Å²) in [6.45, 7) is 3.12. The molecule has 0 saturated carbocycles. The third-order valence-electron chi connectivity index (χ3n) is 7.60. The molecule has 3 amide bonds. The molecule has 4 aliphatic heterocycles. The molecule has 6 heterocycles. The number of halogens is 1. The van der Waals surface area contributed by atoms with Crippen molar-refractivity contribution in [2.24, 2.45) is 5.16 Å². The van der Waals surface area contributed by atoms with Crippen LogP contribution in [0.1, 0.15) is 30.2 Å². The van der Waals surface area contributed by atoms with Gasteiger partial charge in [0.2, 0.25) is 17.4 Å². The van der Waals surface area contributed by atoms with Crippen molar-refractivity contribution in [3.63, 3.8) is 0 Å². The van der Waals surface area contributed by atoms with E-state index in [9.17, 15) is 29.2 Å². The van der Waals surface area contributed by atoms with Gasteiger partial charge in [-0.05, 0) is 38.0 Å². The molecule has 0 radical (unpaired) electrons. The molecule has 17 nitrogen and oxygen atoms in total. The van der Waals surface area contributed by atoms with Crippen molar-refractivity contribution >= 4 is 70.2 Å². The Morgan fingerprint density at radius 1 is 1.31 bits per heavy atom. The maximum Gasteiger partial charge on any atom is 0.519 e. The number of nitrogens with two attached hydrogens (primary N) is 1. The summed E-state index contributed by atoms with van der Waals surface area (Å²) >= 11 is 2.06. The van der Waals surface area contributed by atoms with Crippen LogP contribution in [-0.2, 0) is 30.5 Å². The molecule has 0 bridgehead atoms. The van der Waals surface area contributed by atoms with Gasteiger partial charge >= 0.3 is 11.8 Å². The van der Waals surface area contributed by atoms with E-state index in [0.717, 1.165) is 24.5 Å². The molecule has 3 saturated heterocycles. The van der Waals surface area contributed by atoms with E-state index in [1.54, 1.807) is 6.08 Å². The molecule has 0 spiro atoms. The lowest BCUT2D eigenvalue weighted by atomic mass is 10.0. The molecule has 3 atom stereocenters. The molecule has 20 heteroatoms. The lowest BCUT2D eigenvalue weighted by Gasteiger charge is -2.49. The van der Waals surface area contributed by atoms with Gasteiger partial charge in [0.05, 0.1) is 0 Å². The summed E-state index contributed by atoms with van der Waals surface area (Å²) in [6.07, 6.45) is 2.95. The van der Waals surface area contributed by atoms with Crippen LogP contribution in [0.2, 0.25) is 0 Å². The third kappa shape index (κ3) is 6.07. The number of β-lactam (4-membered cyclic amide) rings is 1. The van der Waals surface area contributed by atoms with Gasteiger partial charge in [0.25, 0.3) is 11.8 Å². The van der Waals surface area contributed by atoms with Gasteiger partial charge < -0.3 is 40.0 Å². The largest absolute Gasteiger partial charge is 0.519 e. The minimum atomic E-state index is -1.09. The lowest BCUT2D eigenvalue weighted by Crippen LogP contribution is -2.71. The predicted molar refractivity (Wildman–Crippen MR) is 159 cm³/mol. The van der Waals surface area contributed by atoms with E-state index in [0.29, 0.717) is 30.7 Å². The summed E-state index contributed by atoms with van der Waals surface area (Å²) in [7, 11) is 0. The first kappa shape index (κ1) is 32.2. The van der Waals surface area contributed by atoms with Crippen molar-refractivity contribution in [2.45, 2.75) is 43.8 Å². The number of carbonyl (C=O) groups excluding carboxylic acids is 4. The second kappa shape index (κ2) is 13.0. The number of aromatic nitrogens is 2. The van der Waals surface area contributed by atoms with Gasteiger partial charge in [0, 0.05) is 42.0 Å². The first-order valence-corrected chi connectivity index (χ1v) is 15.3. The number of nitrogens with one attached hydrogen (secondary N) is 2. The fourth-order valence-electron chi connectivity index (χ4n) is 5.41. The Labute approximate surface area is 268 Å². The molecular formula is C25H27ClN8O9S2. The number of hydrogen-bond acceptors (Lipinski definition) is 16. The van der Waals surface area contributed by atoms with E-state index in [4.69, 9.17) is 19.3 Å². The zero-order valence-corrected chi connectivity index (χ0v) is 26.0. The number of hydrogen-bond donors (Lipinski definition) is 4. The summed E-state index contributed by atoms with van der Waals surface area (Å²) in [5.41, 5.74) is 5.83. The minimum absolute atomic E-state index is 0. The van der Waals surface area contributed by atoms with E-state index in [1.807, 2.05) is 4.90 Å². The SMILES string of the molecule is Cc1oc(=O)oc1COC(=O)C1=C(/C=C2\CCN([C@@H]3CCNC3)C2=O)CS[C@@H]2[C@H](NC(=O)/C(=N\O)c3nsc(N)n3)C(=O)N12.Cl. The monoisotopic (exact) mass is 682 g/mol. The highest BCUT2D eigenvalue weighted by molar-refractivity contribution is 8.00. The summed E-state index contributed by atoms with van der Waals surface area (Å²) in [5.74, 6) is -3.41. The number of allylic oxidation sites excluding steroid dienone is 1. The summed E-state index contributed by atoms with van der Waals surface area (Å²) in [4.78, 5) is 71.3. The Balaban J connectivity index is 0.00000400. The predicted octanol–water partition coefficient (Wildman–Crippen LogP) is -0.507. The van der Waals surface area contributed by atoms with Gasteiger partial charge in [0.15, 0.2) is 23.3 Å². The second-order valence-corrected chi connectivity index (χ2v) is 12.1. The number of likely N-dealkylation sites (tertiary alicyclic amines) is 1. The second-order valence-electron chi connectivity index (χ2n) is 10.2. The maximum absolute atomic E-state index is 13.5. The molecule has 0 unspecified atom stereocenters. The highest BCUT2D eigenvalue weighted by Crippen LogP contribution is 2.42. The average molecular weight is 683 g/mol. The number of nitrogen functional groups attached to an aromatic ring is 1. The van der Waals surface area contributed by atoms with Crippen molar-refractivity contribution in [1.29, 1.82) is 0 Å². The molecular weight excluding hydrogens is 656 g/mol. The number of carbonyl (C=O) groups is 4. The average Bonchev–Trinajstić information content (AvgIpc) is 3.80. The van der Waals surface area contributed by atoms with Crippen LogP contribution in [-0.4, -0.2) is 96.6 Å².